The van der Waals surface area contributed by atoms with Crippen LogP contribution in [0.15, 0.2) is 66.9 Å². The number of ether oxygens (including phenoxy) is 2. The van der Waals surface area contributed by atoms with Crippen molar-refractivity contribution in [1.82, 2.24) is 15.2 Å². The maximum absolute atomic E-state index is 12.3. The highest BCUT2D eigenvalue weighted by Gasteiger charge is 2.18. The SMILES string of the molecule is COc1ccc(CNC(=O)Nc2ccc(CN3CCN(c4ccccn4)CC3)cc2)cc1OC. The second-order valence-corrected chi connectivity index (χ2v) is 8.15. The maximum Gasteiger partial charge on any atom is 0.319 e. The van der Waals surface area contributed by atoms with E-state index in [1.807, 2.05) is 48.7 Å². The molecular weight excluding hydrogens is 430 g/mol. The molecule has 178 valence electrons. The Kier molecular flexibility index (Phi) is 7.83. The van der Waals surface area contributed by atoms with Crippen molar-refractivity contribution in [3.05, 3.63) is 78.0 Å². The molecule has 1 aromatic heterocycles. The third-order valence-electron chi connectivity index (χ3n) is 5.86. The molecule has 1 aliphatic heterocycles. The molecule has 3 aromatic rings. The molecule has 2 amide bonds. The molecule has 8 heteroatoms. The minimum Gasteiger partial charge on any atom is -0.493 e. The summed E-state index contributed by atoms with van der Waals surface area (Å²) in [5.41, 5.74) is 2.90. The fraction of sp³-hybridized carbons (Fsp3) is 0.308. The molecule has 2 aromatic carbocycles. The van der Waals surface area contributed by atoms with E-state index in [1.165, 1.54) is 5.56 Å². The summed E-state index contributed by atoms with van der Waals surface area (Å²) in [7, 11) is 3.19. The van der Waals surface area contributed by atoms with Crippen LogP contribution in [0.3, 0.4) is 0 Å². The van der Waals surface area contributed by atoms with Gasteiger partial charge in [0.05, 0.1) is 14.2 Å². The van der Waals surface area contributed by atoms with Crippen LogP contribution in [-0.4, -0.2) is 56.3 Å². The number of urea groups is 1. The summed E-state index contributed by atoms with van der Waals surface area (Å²) < 4.78 is 10.6. The molecule has 0 spiro atoms. The largest absolute Gasteiger partial charge is 0.493 e. The van der Waals surface area contributed by atoms with Gasteiger partial charge in [-0.25, -0.2) is 9.78 Å². The van der Waals surface area contributed by atoms with Crippen molar-refractivity contribution in [2.45, 2.75) is 13.1 Å². The second kappa shape index (κ2) is 11.4. The van der Waals surface area contributed by atoms with Crippen LogP contribution in [0.25, 0.3) is 0 Å². The highest BCUT2D eigenvalue weighted by atomic mass is 16.5. The summed E-state index contributed by atoms with van der Waals surface area (Å²) in [6.45, 7) is 5.20. The quantitative estimate of drug-likeness (QED) is 0.532. The zero-order chi connectivity index (χ0) is 23.8. The van der Waals surface area contributed by atoms with Crippen molar-refractivity contribution in [2.75, 3.05) is 50.6 Å². The number of rotatable bonds is 8. The maximum atomic E-state index is 12.3. The monoisotopic (exact) mass is 461 g/mol. The van der Waals surface area contributed by atoms with E-state index in [2.05, 4.69) is 43.6 Å². The van der Waals surface area contributed by atoms with Gasteiger partial charge in [0.25, 0.3) is 0 Å². The minimum absolute atomic E-state index is 0.256. The predicted molar refractivity (Wildman–Crippen MR) is 134 cm³/mol. The fourth-order valence-corrected chi connectivity index (χ4v) is 3.98. The van der Waals surface area contributed by atoms with Gasteiger partial charge in [0.1, 0.15) is 5.82 Å². The first-order valence-corrected chi connectivity index (χ1v) is 11.4. The average molecular weight is 462 g/mol. The summed E-state index contributed by atoms with van der Waals surface area (Å²) in [5.74, 6) is 2.34. The Morgan fingerprint density at radius 1 is 0.912 bits per heavy atom. The van der Waals surface area contributed by atoms with Crippen LogP contribution in [-0.2, 0) is 13.1 Å². The van der Waals surface area contributed by atoms with Crippen molar-refractivity contribution in [3.8, 4) is 11.5 Å². The third kappa shape index (κ3) is 6.17. The Bertz CT molecular complexity index is 1070. The number of piperazine rings is 1. The Labute approximate surface area is 200 Å². The highest BCUT2D eigenvalue weighted by molar-refractivity contribution is 5.89. The molecule has 1 aliphatic rings. The number of benzene rings is 2. The van der Waals surface area contributed by atoms with Crippen LogP contribution in [0.5, 0.6) is 11.5 Å². The Morgan fingerprint density at radius 3 is 2.32 bits per heavy atom. The van der Waals surface area contributed by atoms with Crippen LogP contribution < -0.4 is 25.0 Å². The summed E-state index contributed by atoms with van der Waals surface area (Å²) in [5, 5.41) is 5.75. The van der Waals surface area contributed by atoms with Crippen LogP contribution in [0, 0.1) is 0 Å². The lowest BCUT2D eigenvalue weighted by Crippen LogP contribution is -2.46. The Balaban J connectivity index is 1.22. The van der Waals surface area contributed by atoms with Gasteiger partial charge >= 0.3 is 6.03 Å². The zero-order valence-electron chi connectivity index (χ0n) is 19.7. The van der Waals surface area contributed by atoms with Gasteiger partial charge in [0.2, 0.25) is 0 Å². The van der Waals surface area contributed by atoms with Crippen LogP contribution in [0.2, 0.25) is 0 Å². The number of hydrogen-bond acceptors (Lipinski definition) is 6. The molecule has 1 fully saturated rings. The summed E-state index contributed by atoms with van der Waals surface area (Å²) >= 11 is 0. The number of carbonyl (C=O) groups excluding carboxylic acids is 1. The van der Waals surface area contributed by atoms with Gasteiger partial charge in [0.15, 0.2) is 11.5 Å². The van der Waals surface area contributed by atoms with Gasteiger partial charge in [-0.1, -0.05) is 24.3 Å². The average Bonchev–Trinajstić information content (AvgIpc) is 2.89. The number of amides is 2. The van der Waals surface area contributed by atoms with E-state index < -0.39 is 0 Å². The van der Waals surface area contributed by atoms with E-state index in [9.17, 15) is 4.79 Å². The lowest BCUT2D eigenvalue weighted by atomic mass is 10.1. The van der Waals surface area contributed by atoms with Gasteiger partial charge in [-0.2, -0.15) is 0 Å². The van der Waals surface area contributed by atoms with Gasteiger partial charge < -0.3 is 25.0 Å². The first-order valence-electron chi connectivity index (χ1n) is 11.4. The lowest BCUT2D eigenvalue weighted by Gasteiger charge is -2.35. The van der Waals surface area contributed by atoms with Crippen LogP contribution >= 0.6 is 0 Å². The summed E-state index contributed by atoms with van der Waals surface area (Å²) in [6.07, 6.45) is 1.84. The van der Waals surface area contributed by atoms with Crippen molar-refractivity contribution in [3.63, 3.8) is 0 Å². The normalized spacial score (nSPS) is 13.9. The summed E-state index contributed by atoms with van der Waals surface area (Å²) in [4.78, 5) is 21.5. The van der Waals surface area contributed by atoms with Crippen LogP contribution in [0.1, 0.15) is 11.1 Å². The van der Waals surface area contributed by atoms with E-state index in [4.69, 9.17) is 9.47 Å². The predicted octanol–water partition coefficient (Wildman–Crippen LogP) is 3.74. The van der Waals surface area contributed by atoms with Gasteiger partial charge in [0, 0.05) is 51.2 Å². The Morgan fingerprint density at radius 2 is 1.65 bits per heavy atom. The Hall–Kier alpha value is -3.78. The zero-order valence-corrected chi connectivity index (χ0v) is 19.7. The molecule has 2 N–H and O–H groups in total. The number of aromatic nitrogens is 1. The molecule has 0 atom stereocenters. The highest BCUT2D eigenvalue weighted by Crippen LogP contribution is 2.27. The standard InChI is InChI=1S/C26H31N5O3/c1-33-23-11-8-21(17-24(23)34-2)18-28-26(32)29-22-9-6-20(7-10-22)19-30-13-15-31(16-14-30)25-5-3-4-12-27-25/h3-12,17H,13-16,18-19H2,1-2H3,(H2,28,29,32). The molecule has 0 radical (unpaired) electrons. The lowest BCUT2D eigenvalue weighted by molar-refractivity contribution is 0.249. The van der Waals surface area contributed by atoms with E-state index >= 15 is 0 Å². The molecule has 0 bridgehead atoms. The molecule has 2 heterocycles. The van der Waals surface area contributed by atoms with E-state index in [1.54, 1.807) is 14.2 Å². The third-order valence-corrected chi connectivity index (χ3v) is 5.86. The first kappa shape index (κ1) is 23.4. The van der Waals surface area contributed by atoms with Crippen molar-refractivity contribution >= 4 is 17.5 Å². The number of anilines is 2. The molecule has 1 saturated heterocycles. The number of nitrogens with one attached hydrogen (secondary N) is 2. The number of methoxy groups -OCH3 is 2. The summed E-state index contributed by atoms with van der Waals surface area (Å²) in [6, 6.07) is 19.4. The molecular formula is C26H31N5O3. The molecule has 0 aliphatic carbocycles. The number of nitrogens with zero attached hydrogens (tertiary/aromatic N) is 3. The molecule has 8 nitrogen and oxygen atoms in total. The number of hydrogen-bond donors (Lipinski definition) is 2. The van der Waals surface area contributed by atoms with Gasteiger partial charge in [-0.05, 0) is 47.5 Å². The number of carbonyl (C=O) groups is 1. The van der Waals surface area contributed by atoms with Crippen molar-refractivity contribution < 1.29 is 14.3 Å². The van der Waals surface area contributed by atoms with E-state index in [0.29, 0.717) is 18.0 Å². The second-order valence-electron chi connectivity index (χ2n) is 8.15. The van der Waals surface area contributed by atoms with Crippen molar-refractivity contribution in [1.29, 1.82) is 0 Å². The molecule has 4 rings (SSSR count). The van der Waals surface area contributed by atoms with E-state index in [0.717, 1.165) is 49.8 Å². The van der Waals surface area contributed by atoms with E-state index in [-0.39, 0.29) is 6.03 Å². The van der Waals surface area contributed by atoms with Crippen molar-refractivity contribution in [2.24, 2.45) is 0 Å². The topological polar surface area (TPSA) is 79.0 Å². The smallest absolute Gasteiger partial charge is 0.319 e. The number of pyridine rings is 1. The van der Waals surface area contributed by atoms with Gasteiger partial charge in [-0.15, -0.1) is 0 Å². The van der Waals surface area contributed by atoms with Crippen LogP contribution in [0.4, 0.5) is 16.3 Å². The molecule has 34 heavy (non-hydrogen) atoms. The minimum atomic E-state index is -0.256. The fourth-order valence-electron chi connectivity index (χ4n) is 3.98. The molecule has 0 unspecified atom stereocenters. The van der Waals surface area contributed by atoms with Gasteiger partial charge in [-0.3, -0.25) is 4.90 Å². The first-order chi connectivity index (χ1) is 16.6. The molecule has 0 saturated carbocycles.